The Balaban J connectivity index is 1.82. The summed E-state index contributed by atoms with van der Waals surface area (Å²) in [4.78, 5) is 0. The van der Waals surface area contributed by atoms with Crippen LogP contribution in [-0.4, -0.2) is 34.7 Å². The number of fused-ring (bicyclic) bond motifs is 1. The van der Waals surface area contributed by atoms with Crippen LogP contribution >= 0.6 is 24.0 Å². The molecule has 5 heteroatoms. The van der Waals surface area contributed by atoms with Gasteiger partial charge < -0.3 is 14.2 Å². The fourth-order valence-electron chi connectivity index (χ4n) is 7.06. The van der Waals surface area contributed by atoms with Crippen LogP contribution in [0.4, 0.5) is 0 Å². The Bertz CT molecular complexity index is 604. The maximum Gasteiger partial charge on any atom is 0.219 e. The maximum atomic E-state index is 6.58. The summed E-state index contributed by atoms with van der Waals surface area (Å²) in [5.74, 6) is 0.519. The van der Waals surface area contributed by atoms with Gasteiger partial charge in [-0.3, -0.25) is 0 Å². The van der Waals surface area contributed by atoms with Gasteiger partial charge in [0, 0.05) is 16.7 Å². The van der Waals surface area contributed by atoms with Crippen molar-refractivity contribution in [2.24, 2.45) is 28.1 Å². The van der Waals surface area contributed by atoms with Crippen molar-refractivity contribution in [1.29, 1.82) is 0 Å². The van der Waals surface area contributed by atoms with E-state index in [0.717, 1.165) is 6.42 Å². The molecule has 1 spiro atoms. The Morgan fingerprint density at radius 2 is 1.72 bits per heavy atom. The second-order valence-corrected chi connectivity index (χ2v) is 11.4. The first-order valence-corrected chi connectivity index (χ1v) is 11.2. The normalized spacial score (nSPS) is 51.9. The molecule has 0 aromatic heterocycles. The molecule has 25 heavy (non-hydrogen) atoms. The first kappa shape index (κ1) is 18.5. The predicted octanol–water partition coefficient (Wildman–Crippen LogP) is 5.02. The molecule has 5 fully saturated rings. The number of rotatable bonds is 1. The van der Waals surface area contributed by atoms with Crippen molar-refractivity contribution in [3.05, 3.63) is 0 Å². The molecule has 0 radical (unpaired) electrons. The zero-order valence-electron chi connectivity index (χ0n) is 16.5. The molecule has 0 amide bonds. The summed E-state index contributed by atoms with van der Waals surface area (Å²) in [6.45, 7) is 13.8. The summed E-state index contributed by atoms with van der Waals surface area (Å²) in [5.41, 5.74) is 0.364. The summed E-state index contributed by atoms with van der Waals surface area (Å²) in [6.07, 6.45) is 6.03. The first-order valence-electron chi connectivity index (χ1n) is 9.60. The van der Waals surface area contributed by atoms with Gasteiger partial charge in [0.25, 0.3) is 0 Å². The van der Waals surface area contributed by atoms with Gasteiger partial charge in [0.15, 0.2) is 5.79 Å². The molecule has 0 aromatic rings. The Hall–Kier alpha value is 0.160. The minimum atomic E-state index is -0.494. The minimum Gasteiger partial charge on any atom is -0.475 e. The van der Waals surface area contributed by atoms with Gasteiger partial charge in [0.1, 0.15) is 6.10 Å². The molecule has 3 nitrogen and oxygen atoms in total. The van der Waals surface area contributed by atoms with E-state index >= 15 is 0 Å². The van der Waals surface area contributed by atoms with Crippen molar-refractivity contribution < 1.29 is 14.2 Å². The molecule has 2 unspecified atom stereocenters. The second-order valence-electron chi connectivity index (χ2n) is 9.95. The highest BCUT2D eigenvalue weighted by atomic mass is 32.2. The maximum absolute atomic E-state index is 6.58. The van der Waals surface area contributed by atoms with Gasteiger partial charge >= 0.3 is 0 Å². The lowest BCUT2D eigenvalue weighted by atomic mass is 9.37. The molecule has 142 valence electrons. The lowest BCUT2D eigenvalue weighted by molar-refractivity contribution is -0.255. The fraction of sp³-hybridized carbons (Fsp3) is 0.950. The van der Waals surface area contributed by atoms with Gasteiger partial charge in [0.2, 0.25) is 4.38 Å². The van der Waals surface area contributed by atoms with Crippen LogP contribution in [0, 0.1) is 28.1 Å². The summed E-state index contributed by atoms with van der Waals surface area (Å²) >= 11 is 6.97. The Morgan fingerprint density at radius 1 is 1.08 bits per heavy atom. The standard InChI is InChI=1S/C20H32O3S2/c1-11-10-12(21-16(24)25-7)13-17(2,3)19(6)8-9-20(11,13)15-14(19)22-18(4,5)23-15/h11-15H,8-10H2,1-7H3/t11-,12?,13?,14+,15-,19+,20-/m0/s1. The van der Waals surface area contributed by atoms with E-state index in [1.54, 1.807) is 11.8 Å². The Labute approximate surface area is 161 Å². The molecule has 1 heterocycles. The lowest BCUT2D eigenvalue weighted by Gasteiger charge is -2.69. The van der Waals surface area contributed by atoms with E-state index < -0.39 is 5.79 Å². The quantitative estimate of drug-likeness (QED) is 0.592. The van der Waals surface area contributed by atoms with Crippen molar-refractivity contribution in [1.82, 2.24) is 0 Å². The molecule has 0 N–H and O–H groups in total. The van der Waals surface area contributed by atoms with E-state index in [0.29, 0.717) is 16.2 Å². The van der Waals surface area contributed by atoms with Crippen molar-refractivity contribution in [2.75, 3.05) is 6.26 Å². The zero-order valence-corrected chi connectivity index (χ0v) is 18.2. The van der Waals surface area contributed by atoms with Crippen molar-refractivity contribution >= 4 is 28.4 Å². The number of hydrogen-bond donors (Lipinski definition) is 0. The van der Waals surface area contributed by atoms with Gasteiger partial charge in [-0.1, -0.05) is 39.5 Å². The average Bonchev–Trinajstić information content (AvgIpc) is 2.99. The van der Waals surface area contributed by atoms with Gasteiger partial charge in [0.05, 0.1) is 12.2 Å². The van der Waals surface area contributed by atoms with Gasteiger partial charge in [-0.25, -0.2) is 0 Å². The highest BCUT2D eigenvalue weighted by Gasteiger charge is 2.79. The third-order valence-corrected chi connectivity index (χ3v) is 9.48. The molecular weight excluding hydrogens is 352 g/mol. The summed E-state index contributed by atoms with van der Waals surface area (Å²) in [5, 5.41) is 0. The first-order chi connectivity index (χ1) is 11.5. The van der Waals surface area contributed by atoms with Gasteiger partial charge in [-0.05, 0) is 62.9 Å². The highest BCUT2D eigenvalue weighted by Crippen LogP contribution is 2.77. The van der Waals surface area contributed by atoms with Crippen LogP contribution in [0.3, 0.4) is 0 Å². The fourth-order valence-corrected chi connectivity index (χ4v) is 7.41. The number of thioether (sulfide) groups is 1. The molecule has 5 aliphatic rings. The van der Waals surface area contributed by atoms with E-state index in [4.69, 9.17) is 26.4 Å². The van der Waals surface area contributed by atoms with Crippen LogP contribution in [0.25, 0.3) is 0 Å². The van der Waals surface area contributed by atoms with E-state index in [-0.39, 0.29) is 34.6 Å². The van der Waals surface area contributed by atoms with Crippen LogP contribution in [0.5, 0.6) is 0 Å². The monoisotopic (exact) mass is 384 g/mol. The molecule has 5 rings (SSSR count). The van der Waals surface area contributed by atoms with Gasteiger partial charge in [-0.2, -0.15) is 0 Å². The number of hydrogen-bond acceptors (Lipinski definition) is 5. The summed E-state index contributed by atoms with van der Waals surface area (Å²) in [6, 6.07) is 0. The van der Waals surface area contributed by atoms with E-state index in [2.05, 4.69) is 41.5 Å². The second kappa shape index (κ2) is 5.36. The van der Waals surface area contributed by atoms with Crippen molar-refractivity contribution in [2.45, 2.75) is 84.9 Å². The molecule has 1 saturated heterocycles. The topological polar surface area (TPSA) is 27.7 Å². The molecule has 4 saturated carbocycles. The Kier molecular flexibility index (Phi) is 3.97. The van der Waals surface area contributed by atoms with Gasteiger partial charge in [-0.15, -0.1) is 0 Å². The van der Waals surface area contributed by atoms with E-state index in [9.17, 15) is 0 Å². The van der Waals surface area contributed by atoms with Crippen LogP contribution < -0.4 is 0 Å². The smallest absolute Gasteiger partial charge is 0.219 e. The largest absolute Gasteiger partial charge is 0.475 e. The highest BCUT2D eigenvalue weighted by molar-refractivity contribution is 8.22. The average molecular weight is 385 g/mol. The van der Waals surface area contributed by atoms with E-state index in [1.807, 2.05) is 6.26 Å². The molecule has 4 aliphatic carbocycles. The van der Waals surface area contributed by atoms with Crippen LogP contribution in [-0.2, 0) is 14.2 Å². The third kappa shape index (κ3) is 2.16. The zero-order chi connectivity index (χ0) is 18.4. The molecular formula is C20H32O3S2. The van der Waals surface area contributed by atoms with Crippen LogP contribution in [0.1, 0.15) is 60.8 Å². The van der Waals surface area contributed by atoms with Crippen LogP contribution in [0.15, 0.2) is 0 Å². The molecule has 0 aromatic carbocycles. The number of thiocarbonyl (C=S) groups is 1. The summed E-state index contributed by atoms with van der Waals surface area (Å²) in [7, 11) is 0. The van der Waals surface area contributed by atoms with E-state index in [1.165, 1.54) is 12.8 Å². The SMILES string of the molecule is CSC(=S)OC1C[C@H](C)[C@]23CC[C@](C)([C@@H]4OC(C)(C)O[C@@H]42)C(C)(C)C13. The predicted molar refractivity (Wildman–Crippen MR) is 106 cm³/mol. The minimum absolute atomic E-state index is 0.102. The number of ether oxygens (including phenoxy) is 3. The Morgan fingerprint density at radius 3 is 2.36 bits per heavy atom. The van der Waals surface area contributed by atoms with Crippen molar-refractivity contribution in [3.8, 4) is 0 Å². The lowest BCUT2D eigenvalue weighted by Crippen LogP contribution is -2.71. The summed E-state index contributed by atoms with van der Waals surface area (Å²) < 4.78 is 20.1. The molecule has 1 aliphatic heterocycles. The molecule has 7 atom stereocenters. The molecule has 2 bridgehead atoms. The van der Waals surface area contributed by atoms with Crippen molar-refractivity contribution in [3.63, 3.8) is 0 Å². The van der Waals surface area contributed by atoms with Crippen LogP contribution in [0.2, 0.25) is 0 Å². The third-order valence-electron chi connectivity index (χ3n) is 8.45.